The van der Waals surface area contributed by atoms with Crippen molar-refractivity contribution in [2.45, 2.75) is 25.2 Å². The number of likely N-dealkylation sites (tertiary alicyclic amines) is 1. The van der Waals surface area contributed by atoms with Crippen LogP contribution in [0.3, 0.4) is 0 Å². The average molecular weight is 294 g/mol. The summed E-state index contributed by atoms with van der Waals surface area (Å²) in [6.07, 6.45) is 2.97. The third-order valence-corrected chi connectivity index (χ3v) is 4.71. The molecule has 0 bridgehead atoms. The molecule has 3 atom stereocenters. The lowest BCUT2D eigenvalue weighted by atomic mass is 9.98. The molecular weight excluding hydrogens is 274 g/mol. The first-order valence-electron chi connectivity index (χ1n) is 7.34. The fraction of sp³-hybridized carbons (Fsp3) is 0.562. The van der Waals surface area contributed by atoms with Gasteiger partial charge in [-0.15, -0.1) is 0 Å². The van der Waals surface area contributed by atoms with E-state index in [-0.39, 0.29) is 24.3 Å². The molecule has 1 aliphatic carbocycles. The molecule has 2 aliphatic rings. The summed E-state index contributed by atoms with van der Waals surface area (Å²) in [7, 11) is 0. The molecule has 108 valence electrons. The first-order valence-corrected chi connectivity index (χ1v) is 7.72. The van der Waals surface area contributed by atoms with E-state index >= 15 is 0 Å². The summed E-state index contributed by atoms with van der Waals surface area (Å²) < 4.78 is 0. The smallest absolute Gasteiger partial charge is 0.226 e. The summed E-state index contributed by atoms with van der Waals surface area (Å²) in [6, 6.07) is 7.82. The second-order valence-corrected chi connectivity index (χ2v) is 6.42. The highest BCUT2D eigenvalue weighted by Gasteiger charge is 2.46. The molecule has 4 heteroatoms. The van der Waals surface area contributed by atoms with Gasteiger partial charge in [0.05, 0.1) is 0 Å². The van der Waals surface area contributed by atoms with E-state index in [2.05, 4.69) is 6.07 Å². The third-order valence-electron chi connectivity index (χ3n) is 4.47. The van der Waals surface area contributed by atoms with E-state index in [1.807, 2.05) is 23.1 Å². The van der Waals surface area contributed by atoms with Crippen LogP contribution in [0.1, 0.15) is 30.7 Å². The van der Waals surface area contributed by atoms with Crippen molar-refractivity contribution in [2.75, 3.05) is 19.7 Å². The first kappa shape index (κ1) is 13.9. The van der Waals surface area contributed by atoms with Crippen molar-refractivity contribution in [3.05, 3.63) is 34.9 Å². The van der Waals surface area contributed by atoms with Gasteiger partial charge in [0.25, 0.3) is 0 Å². The molecule has 1 saturated heterocycles. The summed E-state index contributed by atoms with van der Waals surface area (Å²) in [5, 5.41) is 9.99. The lowest BCUT2D eigenvalue weighted by Gasteiger charge is -2.32. The van der Waals surface area contributed by atoms with E-state index < -0.39 is 0 Å². The third kappa shape index (κ3) is 2.84. The van der Waals surface area contributed by atoms with Gasteiger partial charge in [-0.1, -0.05) is 23.7 Å². The Morgan fingerprint density at radius 3 is 3.05 bits per heavy atom. The van der Waals surface area contributed by atoms with E-state index in [9.17, 15) is 9.90 Å². The summed E-state index contributed by atoms with van der Waals surface area (Å²) >= 11 is 6.01. The number of aliphatic hydroxyl groups is 1. The first-order chi connectivity index (χ1) is 9.69. The minimum Gasteiger partial charge on any atom is -0.396 e. The molecule has 0 radical (unpaired) electrons. The van der Waals surface area contributed by atoms with Crippen LogP contribution < -0.4 is 0 Å². The van der Waals surface area contributed by atoms with E-state index in [0.717, 1.165) is 30.8 Å². The molecule has 1 amide bonds. The Kier molecular flexibility index (Phi) is 3.99. The predicted octanol–water partition coefficient (Wildman–Crippen LogP) is 2.67. The second-order valence-electron chi connectivity index (χ2n) is 5.98. The Morgan fingerprint density at radius 1 is 1.45 bits per heavy atom. The summed E-state index contributed by atoms with van der Waals surface area (Å²) in [5.41, 5.74) is 1.17. The van der Waals surface area contributed by atoms with Crippen molar-refractivity contribution in [1.82, 2.24) is 4.90 Å². The fourth-order valence-electron chi connectivity index (χ4n) is 3.22. The fourth-order valence-corrected chi connectivity index (χ4v) is 3.42. The molecule has 0 spiro atoms. The van der Waals surface area contributed by atoms with Gasteiger partial charge in [-0.25, -0.2) is 0 Å². The van der Waals surface area contributed by atoms with Gasteiger partial charge in [0.2, 0.25) is 5.91 Å². The van der Waals surface area contributed by atoms with Crippen LogP contribution in [0.25, 0.3) is 0 Å². The highest BCUT2D eigenvalue weighted by atomic mass is 35.5. The van der Waals surface area contributed by atoms with Crippen LogP contribution in [0.2, 0.25) is 5.02 Å². The van der Waals surface area contributed by atoms with Crippen molar-refractivity contribution < 1.29 is 9.90 Å². The van der Waals surface area contributed by atoms with E-state index in [1.54, 1.807) is 0 Å². The number of carbonyl (C=O) groups excluding carboxylic acids is 1. The van der Waals surface area contributed by atoms with Gasteiger partial charge in [-0.3, -0.25) is 4.79 Å². The molecule has 3 unspecified atom stereocenters. The number of hydrogen-bond acceptors (Lipinski definition) is 2. The Bertz CT molecular complexity index is 505. The van der Waals surface area contributed by atoms with Crippen LogP contribution in [0.15, 0.2) is 24.3 Å². The number of amides is 1. The van der Waals surface area contributed by atoms with Gasteiger partial charge in [-0.05, 0) is 48.8 Å². The maximum absolute atomic E-state index is 12.5. The summed E-state index contributed by atoms with van der Waals surface area (Å²) in [5.74, 6) is 0.964. The number of halogens is 1. The standard InChI is InChI=1S/C16H20ClNO2/c17-13-5-1-4-12(7-13)14-8-15(14)16(20)18-6-2-3-11(9-18)10-19/h1,4-5,7,11,14-15,19H,2-3,6,8-10H2. The van der Waals surface area contributed by atoms with Crippen molar-refractivity contribution in [3.63, 3.8) is 0 Å². The number of aliphatic hydroxyl groups excluding tert-OH is 1. The largest absolute Gasteiger partial charge is 0.396 e. The van der Waals surface area contributed by atoms with E-state index in [1.165, 1.54) is 5.56 Å². The Morgan fingerprint density at radius 2 is 2.30 bits per heavy atom. The number of piperidine rings is 1. The molecule has 1 aliphatic heterocycles. The van der Waals surface area contributed by atoms with Crippen LogP contribution in [-0.4, -0.2) is 35.6 Å². The zero-order valence-corrected chi connectivity index (χ0v) is 12.2. The van der Waals surface area contributed by atoms with Gasteiger partial charge in [0.15, 0.2) is 0 Å². The minimum absolute atomic E-state index is 0.117. The number of rotatable bonds is 3. The van der Waals surface area contributed by atoms with Crippen LogP contribution in [0, 0.1) is 11.8 Å². The maximum atomic E-state index is 12.5. The van der Waals surface area contributed by atoms with Crippen LogP contribution >= 0.6 is 11.6 Å². The van der Waals surface area contributed by atoms with E-state index in [4.69, 9.17) is 11.6 Å². The quantitative estimate of drug-likeness (QED) is 0.931. The predicted molar refractivity (Wildman–Crippen MR) is 78.7 cm³/mol. The van der Waals surface area contributed by atoms with Crippen molar-refractivity contribution in [3.8, 4) is 0 Å². The maximum Gasteiger partial charge on any atom is 0.226 e. The molecule has 1 heterocycles. The zero-order valence-electron chi connectivity index (χ0n) is 11.5. The molecule has 1 aromatic carbocycles. The number of benzene rings is 1. The lowest BCUT2D eigenvalue weighted by Crippen LogP contribution is -2.41. The Labute approximate surface area is 124 Å². The summed E-state index contributed by atoms with van der Waals surface area (Å²) in [4.78, 5) is 14.4. The van der Waals surface area contributed by atoms with Crippen molar-refractivity contribution >= 4 is 17.5 Å². The van der Waals surface area contributed by atoms with Gasteiger partial charge in [0, 0.05) is 30.6 Å². The van der Waals surface area contributed by atoms with Gasteiger partial charge < -0.3 is 10.0 Å². The molecule has 1 N–H and O–H groups in total. The van der Waals surface area contributed by atoms with Gasteiger partial charge in [-0.2, -0.15) is 0 Å². The van der Waals surface area contributed by atoms with Crippen LogP contribution in [0.5, 0.6) is 0 Å². The van der Waals surface area contributed by atoms with E-state index in [0.29, 0.717) is 12.5 Å². The molecule has 1 aromatic rings. The Hall–Kier alpha value is -1.06. The zero-order chi connectivity index (χ0) is 14.1. The van der Waals surface area contributed by atoms with Crippen molar-refractivity contribution in [1.29, 1.82) is 0 Å². The molecule has 1 saturated carbocycles. The van der Waals surface area contributed by atoms with Gasteiger partial charge >= 0.3 is 0 Å². The highest BCUT2D eigenvalue weighted by Crippen LogP contribution is 2.49. The number of carbonyl (C=O) groups is 1. The molecule has 2 fully saturated rings. The lowest BCUT2D eigenvalue weighted by molar-refractivity contribution is -0.134. The Balaban J connectivity index is 1.62. The number of nitrogens with zero attached hydrogens (tertiary/aromatic N) is 1. The molecule has 3 rings (SSSR count). The minimum atomic E-state index is 0.117. The average Bonchev–Trinajstić information content (AvgIpc) is 3.27. The molecule has 3 nitrogen and oxygen atoms in total. The normalized spacial score (nSPS) is 29.3. The topological polar surface area (TPSA) is 40.5 Å². The summed E-state index contributed by atoms with van der Waals surface area (Å²) in [6.45, 7) is 1.74. The monoisotopic (exact) mass is 293 g/mol. The molecular formula is C16H20ClNO2. The van der Waals surface area contributed by atoms with Crippen molar-refractivity contribution in [2.24, 2.45) is 11.8 Å². The number of hydrogen-bond donors (Lipinski definition) is 1. The van der Waals surface area contributed by atoms with Crippen LogP contribution in [-0.2, 0) is 4.79 Å². The molecule has 20 heavy (non-hydrogen) atoms. The van der Waals surface area contributed by atoms with Crippen LogP contribution in [0.4, 0.5) is 0 Å². The molecule has 0 aromatic heterocycles. The van der Waals surface area contributed by atoms with Gasteiger partial charge in [0.1, 0.15) is 0 Å². The SMILES string of the molecule is O=C(C1CC1c1cccc(Cl)c1)N1CCCC(CO)C1. The highest BCUT2D eigenvalue weighted by molar-refractivity contribution is 6.30. The second kappa shape index (κ2) is 5.74.